The molecule has 6 heteroatoms. The topological polar surface area (TPSA) is 63.4 Å². The predicted molar refractivity (Wildman–Crippen MR) is 101 cm³/mol. The largest absolute Gasteiger partial charge is 0.440 e. The first kappa shape index (κ1) is 17.2. The van der Waals surface area contributed by atoms with Crippen LogP contribution < -0.4 is 0 Å². The summed E-state index contributed by atoms with van der Waals surface area (Å²) in [6.07, 6.45) is 1.000. The molecule has 0 N–H and O–H groups in total. The lowest BCUT2D eigenvalue weighted by atomic mass is 10.1. The molecule has 1 fully saturated rings. The lowest BCUT2D eigenvalue weighted by Gasteiger charge is -2.15. The van der Waals surface area contributed by atoms with E-state index >= 15 is 0 Å². The molecular formula is C20H22N2O3S. The molecule has 0 aliphatic carbocycles. The zero-order valence-electron chi connectivity index (χ0n) is 14.8. The zero-order valence-corrected chi connectivity index (χ0v) is 15.6. The number of rotatable bonds is 5. The summed E-state index contributed by atoms with van der Waals surface area (Å²) in [7, 11) is -3.23. The van der Waals surface area contributed by atoms with Gasteiger partial charge in [0.15, 0.2) is 21.3 Å². The maximum atomic E-state index is 12.1. The molecule has 0 spiro atoms. The molecule has 5 nitrogen and oxygen atoms in total. The zero-order chi connectivity index (χ0) is 18.1. The van der Waals surface area contributed by atoms with Gasteiger partial charge in [-0.1, -0.05) is 37.3 Å². The van der Waals surface area contributed by atoms with Crippen LogP contribution in [0.15, 0.2) is 57.8 Å². The van der Waals surface area contributed by atoms with Gasteiger partial charge in [0.1, 0.15) is 5.52 Å². The summed E-state index contributed by atoms with van der Waals surface area (Å²) in [5.41, 5.74) is 2.58. The van der Waals surface area contributed by atoms with Crippen LogP contribution in [-0.4, -0.2) is 37.1 Å². The number of benzene rings is 2. The van der Waals surface area contributed by atoms with E-state index in [9.17, 15) is 8.42 Å². The first-order valence-corrected chi connectivity index (χ1v) is 10.6. The number of hydrogen-bond acceptors (Lipinski definition) is 5. The van der Waals surface area contributed by atoms with E-state index in [-0.39, 0.29) is 11.7 Å². The van der Waals surface area contributed by atoms with Crippen LogP contribution in [0.3, 0.4) is 0 Å². The van der Waals surface area contributed by atoms with Crippen LogP contribution in [0.4, 0.5) is 0 Å². The van der Waals surface area contributed by atoms with Crippen molar-refractivity contribution in [3.05, 3.63) is 60.0 Å². The highest BCUT2D eigenvalue weighted by atomic mass is 32.2. The highest BCUT2D eigenvalue weighted by Crippen LogP contribution is 2.30. The summed E-state index contributed by atoms with van der Waals surface area (Å²) in [4.78, 5) is 7.30. The lowest BCUT2D eigenvalue weighted by Crippen LogP contribution is -2.19. The molecule has 0 amide bonds. The van der Waals surface area contributed by atoms with Crippen LogP contribution in [0.2, 0.25) is 0 Å². The number of oxazole rings is 1. The van der Waals surface area contributed by atoms with E-state index in [2.05, 4.69) is 34.1 Å². The number of nitrogens with zero attached hydrogens (tertiary/aromatic N) is 2. The van der Waals surface area contributed by atoms with Crippen molar-refractivity contribution < 1.29 is 12.8 Å². The molecule has 1 atom stereocenters. The minimum absolute atomic E-state index is 0.0836. The Bertz CT molecular complexity index is 1010. The molecule has 1 aromatic heterocycles. The van der Waals surface area contributed by atoms with Gasteiger partial charge in [0.05, 0.1) is 10.6 Å². The van der Waals surface area contributed by atoms with E-state index < -0.39 is 9.84 Å². The minimum atomic E-state index is -3.23. The van der Waals surface area contributed by atoms with E-state index in [0.29, 0.717) is 21.9 Å². The molecular weight excluding hydrogens is 348 g/mol. The highest BCUT2D eigenvalue weighted by Gasteiger charge is 2.28. The van der Waals surface area contributed by atoms with Gasteiger partial charge in [-0.25, -0.2) is 13.4 Å². The standard InChI is InChI=1S/C20H22N2O3S/c1-2-26(23,24)17-8-9-19-18(12-17)21-20(25-19)16-10-11-22(14-16)13-15-6-4-3-5-7-15/h3-9,12,16H,2,10-11,13-14H2,1H3/t16-/m0/s1. The molecule has 1 saturated heterocycles. The third-order valence-corrected chi connectivity index (χ3v) is 6.72. The van der Waals surface area contributed by atoms with E-state index in [1.807, 2.05) is 6.07 Å². The Hall–Kier alpha value is -2.18. The van der Waals surface area contributed by atoms with Crippen LogP contribution in [-0.2, 0) is 16.4 Å². The molecule has 3 aromatic rings. The van der Waals surface area contributed by atoms with Gasteiger partial charge in [-0.2, -0.15) is 0 Å². The maximum absolute atomic E-state index is 12.1. The molecule has 136 valence electrons. The van der Waals surface area contributed by atoms with E-state index in [1.165, 1.54) is 5.56 Å². The fourth-order valence-corrected chi connectivity index (χ4v) is 4.38. The van der Waals surface area contributed by atoms with Crippen molar-refractivity contribution in [2.24, 2.45) is 0 Å². The first-order valence-electron chi connectivity index (χ1n) is 8.94. The third-order valence-electron chi connectivity index (χ3n) is 4.99. The van der Waals surface area contributed by atoms with Crippen molar-refractivity contribution in [3.8, 4) is 0 Å². The predicted octanol–water partition coefficient (Wildman–Crippen LogP) is 3.61. The molecule has 4 rings (SSSR count). The number of likely N-dealkylation sites (tertiary alicyclic amines) is 1. The van der Waals surface area contributed by atoms with Crippen LogP contribution in [0.1, 0.15) is 30.7 Å². The maximum Gasteiger partial charge on any atom is 0.199 e. The lowest BCUT2D eigenvalue weighted by molar-refractivity contribution is 0.321. The van der Waals surface area contributed by atoms with Crippen molar-refractivity contribution in [3.63, 3.8) is 0 Å². The molecule has 1 aliphatic heterocycles. The average molecular weight is 370 g/mol. The van der Waals surface area contributed by atoms with Crippen LogP contribution >= 0.6 is 0 Å². The summed E-state index contributed by atoms with van der Waals surface area (Å²) in [6, 6.07) is 15.4. The first-order chi connectivity index (χ1) is 12.5. The van der Waals surface area contributed by atoms with E-state index in [4.69, 9.17) is 4.42 Å². The van der Waals surface area contributed by atoms with Crippen molar-refractivity contribution >= 4 is 20.9 Å². The third kappa shape index (κ3) is 3.39. The van der Waals surface area contributed by atoms with Gasteiger partial charge in [-0.05, 0) is 36.7 Å². The minimum Gasteiger partial charge on any atom is -0.440 e. The Morgan fingerprint density at radius 3 is 2.77 bits per heavy atom. The Kier molecular flexibility index (Phi) is 4.54. The quantitative estimate of drug-likeness (QED) is 0.686. The van der Waals surface area contributed by atoms with Crippen molar-refractivity contribution in [2.75, 3.05) is 18.8 Å². The summed E-state index contributed by atoms with van der Waals surface area (Å²) >= 11 is 0. The monoisotopic (exact) mass is 370 g/mol. The SMILES string of the molecule is CCS(=O)(=O)c1ccc2oc([C@H]3CCN(Cc4ccccc4)C3)nc2c1. The van der Waals surface area contributed by atoms with Crippen LogP contribution in [0.5, 0.6) is 0 Å². The Morgan fingerprint density at radius 1 is 1.19 bits per heavy atom. The van der Waals surface area contributed by atoms with Gasteiger partial charge in [0.2, 0.25) is 0 Å². The number of aromatic nitrogens is 1. The van der Waals surface area contributed by atoms with Gasteiger partial charge in [0, 0.05) is 19.0 Å². The molecule has 0 unspecified atom stereocenters. The Morgan fingerprint density at radius 2 is 2.00 bits per heavy atom. The number of hydrogen-bond donors (Lipinski definition) is 0. The highest BCUT2D eigenvalue weighted by molar-refractivity contribution is 7.91. The number of fused-ring (bicyclic) bond motifs is 1. The normalized spacial score (nSPS) is 18.6. The Labute approximate surface area is 153 Å². The van der Waals surface area contributed by atoms with E-state index in [0.717, 1.165) is 26.1 Å². The molecule has 2 heterocycles. The van der Waals surface area contributed by atoms with Gasteiger partial charge >= 0.3 is 0 Å². The summed E-state index contributed by atoms with van der Waals surface area (Å²) in [6.45, 7) is 4.49. The van der Waals surface area contributed by atoms with Gasteiger partial charge in [-0.15, -0.1) is 0 Å². The fraction of sp³-hybridized carbons (Fsp3) is 0.350. The molecule has 0 radical (unpaired) electrons. The fourth-order valence-electron chi connectivity index (χ4n) is 3.48. The van der Waals surface area contributed by atoms with Crippen molar-refractivity contribution in [1.82, 2.24) is 9.88 Å². The summed E-state index contributed by atoms with van der Waals surface area (Å²) in [5, 5.41) is 0. The van der Waals surface area contributed by atoms with Gasteiger partial charge in [-0.3, -0.25) is 4.90 Å². The second-order valence-corrected chi connectivity index (χ2v) is 9.07. The van der Waals surface area contributed by atoms with Crippen LogP contribution in [0.25, 0.3) is 11.1 Å². The summed E-state index contributed by atoms with van der Waals surface area (Å²) < 4.78 is 30.0. The average Bonchev–Trinajstić information content (AvgIpc) is 3.28. The molecule has 26 heavy (non-hydrogen) atoms. The van der Waals surface area contributed by atoms with Crippen molar-refractivity contribution in [2.45, 2.75) is 30.7 Å². The van der Waals surface area contributed by atoms with E-state index in [1.54, 1.807) is 25.1 Å². The smallest absolute Gasteiger partial charge is 0.199 e. The number of sulfone groups is 1. The molecule has 1 aliphatic rings. The Balaban J connectivity index is 1.52. The van der Waals surface area contributed by atoms with Gasteiger partial charge in [0.25, 0.3) is 0 Å². The summed E-state index contributed by atoms with van der Waals surface area (Å²) in [5.74, 6) is 1.04. The van der Waals surface area contributed by atoms with Crippen LogP contribution in [0, 0.1) is 0 Å². The molecule has 2 aromatic carbocycles. The molecule has 0 bridgehead atoms. The van der Waals surface area contributed by atoms with Gasteiger partial charge < -0.3 is 4.42 Å². The second kappa shape index (κ2) is 6.85. The van der Waals surface area contributed by atoms with Crippen molar-refractivity contribution in [1.29, 1.82) is 0 Å². The second-order valence-electron chi connectivity index (χ2n) is 6.79. The molecule has 0 saturated carbocycles.